The SMILES string of the molecule is CCCCCCCCCCCCCCOc1ccc(C=Nc2ccc(C)cc2)cc1. The van der Waals surface area contributed by atoms with E-state index in [2.05, 4.69) is 43.1 Å². The molecule has 164 valence electrons. The molecule has 0 radical (unpaired) electrons. The van der Waals surface area contributed by atoms with Gasteiger partial charge in [0.05, 0.1) is 12.3 Å². The summed E-state index contributed by atoms with van der Waals surface area (Å²) in [6.45, 7) is 5.18. The maximum absolute atomic E-state index is 5.88. The zero-order chi connectivity index (χ0) is 21.3. The van der Waals surface area contributed by atoms with E-state index in [1.54, 1.807) is 0 Å². The van der Waals surface area contributed by atoms with Crippen LogP contribution in [0.1, 0.15) is 95.1 Å². The van der Waals surface area contributed by atoms with Crippen LogP contribution in [-0.2, 0) is 0 Å². The van der Waals surface area contributed by atoms with Gasteiger partial charge in [-0.15, -0.1) is 0 Å². The minimum atomic E-state index is 0.814. The third-order valence-corrected chi connectivity index (χ3v) is 5.54. The lowest BCUT2D eigenvalue weighted by atomic mass is 10.1. The second-order valence-electron chi connectivity index (χ2n) is 8.40. The quantitative estimate of drug-likeness (QED) is 0.201. The Balaban J connectivity index is 1.48. The van der Waals surface area contributed by atoms with Gasteiger partial charge in [0.1, 0.15) is 5.75 Å². The summed E-state index contributed by atoms with van der Waals surface area (Å²) in [5.41, 5.74) is 3.32. The van der Waals surface area contributed by atoms with E-state index >= 15 is 0 Å². The first-order valence-corrected chi connectivity index (χ1v) is 12.1. The van der Waals surface area contributed by atoms with Crippen LogP contribution >= 0.6 is 0 Å². The van der Waals surface area contributed by atoms with E-state index in [-0.39, 0.29) is 0 Å². The van der Waals surface area contributed by atoms with Gasteiger partial charge in [0.15, 0.2) is 0 Å². The molecule has 0 amide bonds. The van der Waals surface area contributed by atoms with E-state index in [1.165, 1.54) is 76.2 Å². The average Bonchev–Trinajstić information content (AvgIpc) is 2.77. The summed E-state index contributed by atoms with van der Waals surface area (Å²) in [7, 11) is 0. The standard InChI is InChI=1S/C28H41NO/c1-3-4-5-6-7-8-9-10-11-12-13-14-23-30-28-21-17-26(18-22-28)24-29-27-19-15-25(2)16-20-27/h15-22,24H,3-14,23H2,1-2H3. The minimum Gasteiger partial charge on any atom is -0.494 e. The maximum atomic E-state index is 5.88. The second-order valence-corrected chi connectivity index (χ2v) is 8.40. The molecule has 0 heterocycles. The molecule has 30 heavy (non-hydrogen) atoms. The van der Waals surface area contributed by atoms with E-state index < -0.39 is 0 Å². The van der Waals surface area contributed by atoms with Crippen molar-refractivity contribution in [3.63, 3.8) is 0 Å². The molecule has 0 spiro atoms. The van der Waals surface area contributed by atoms with Crippen molar-refractivity contribution in [1.29, 1.82) is 0 Å². The lowest BCUT2D eigenvalue weighted by Crippen LogP contribution is -1.97. The Morgan fingerprint density at radius 3 is 1.77 bits per heavy atom. The van der Waals surface area contributed by atoms with Crippen molar-refractivity contribution >= 4 is 11.9 Å². The zero-order valence-electron chi connectivity index (χ0n) is 19.2. The monoisotopic (exact) mass is 407 g/mol. The summed E-state index contributed by atoms with van der Waals surface area (Å²) >= 11 is 0. The van der Waals surface area contributed by atoms with E-state index in [0.29, 0.717) is 0 Å². The Morgan fingerprint density at radius 1 is 0.667 bits per heavy atom. The zero-order valence-corrected chi connectivity index (χ0v) is 19.2. The van der Waals surface area contributed by atoms with Crippen molar-refractivity contribution in [2.45, 2.75) is 90.9 Å². The van der Waals surface area contributed by atoms with Crippen LogP contribution in [0.5, 0.6) is 5.75 Å². The van der Waals surface area contributed by atoms with Crippen LogP contribution in [0, 0.1) is 6.92 Å². The Labute approximate surface area is 184 Å². The van der Waals surface area contributed by atoms with Gasteiger partial charge in [-0.2, -0.15) is 0 Å². The molecule has 0 fully saturated rings. The van der Waals surface area contributed by atoms with Gasteiger partial charge in [-0.3, -0.25) is 4.99 Å². The summed E-state index contributed by atoms with van der Waals surface area (Å²) < 4.78 is 5.88. The molecular weight excluding hydrogens is 366 g/mol. The number of benzene rings is 2. The molecule has 2 rings (SSSR count). The highest BCUT2D eigenvalue weighted by molar-refractivity contribution is 5.82. The molecule has 0 aliphatic heterocycles. The number of aryl methyl sites for hydroxylation is 1. The Kier molecular flexibility index (Phi) is 12.7. The van der Waals surface area contributed by atoms with E-state index in [1.807, 2.05) is 30.5 Å². The molecule has 0 aromatic heterocycles. The molecule has 2 aromatic carbocycles. The summed E-state index contributed by atoms with van der Waals surface area (Å²) in [6, 6.07) is 16.5. The van der Waals surface area contributed by atoms with Gasteiger partial charge in [0.2, 0.25) is 0 Å². The van der Waals surface area contributed by atoms with Gasteiger partial charge < -0.3 is 4.74 Å². The molecule has 0 saturated heterocycles. The molecule has 0 aliphatic rings. The number of aliphatic imine (C=N–C) groups is 1. The molecule has 2 heteroatoms. The molecule has 0 saturated carbocycles. The Morgan fingerprint density at radius 2 is 1.20 bits per heavy atom. The number of ether oxygens (including phenoxy) is 1. The van der Waals surface area contributed by atoms with Crippen molar-refractivity contribution in [2.24, 2.45) is 4.99 Å². The predicted molar refractivity (Wildman–Crippen MR) is 131 cm³/mol. The first-order valence-electron chi connectivity index (χ1n) is 12.1. The van der Waals surface area contributed by atoms with Crippen molar-refractivity contribution < 1.29 is 4.74 Å². The molecular formula is C28H41NO. The highest BCUT2D eigenvalue weighted by Crippen LogP contribution is 2.16. The summed E-state index contributed by atoms with van der Waals surface area (Å²) in [5, 5.41) is 0. The summed E-state index contributed by atoms with van der Waals surface area (Å²) in [4.78, 5) is 4.52. The summed E-state index contributed by atoms with van der Waals surface area (Å²) in [5.74, 6) is 0.950. The minimum absolute atomic E-state index is 0.814. The largest absolute Gasteiger partial charge is 0.494 e. The van der Waals surface area contributed by atoms with Gasteiger partial charge in [-0.05, 0) is 55.3 Å². The summed E-state index contributed by atoms with van der Waals surface area (Å²) in [6.07, 6.45) is 18.4. The number of hydrogen-bond acceptors (Lipinski definition) is 2. The Bertz CT molecular complexity index is 688. The van der Waals surface area contributed by atoms with Crippen LogP contribution < -0.4 is 4.74 Å². The fourth-order valence-corrected chi connectivity index (χ4v) is 3.56. The van der Waals surface area contributed by atoms with Gasteiger partial charge in [0, 0.05) is 6.21 Å². The highest BCUT2D eigenvalue weighted by Gasteiger charge is 1.97. The third-order valence-electron chi connectivity index (χ3n) is 5.54. The molecule has 2 aromatic rings. The molecule has 0 unspecified atom stereocenters. The third kappa shape index (κ3) is 11.2. The molecule has 2 nitrogen and oxygen atoms in total. The topological polar surface area (TPSA) is 21.6 Å². The van der Waals surface area contributed by atoms with Crippen LogP contribution in [0.4, 0.5) is 5.69 Å². The van der Waals surface area contributed by atoms with E-state index in [9.17, 15) is 0 Å². The van der Waals surface area contributed by atoms with Crippen LogP contribution in [0.2, 0.25) is 0 Å². The Hall–Kier alpha value is -2.09. The van der Waals surface area contributed by atoms with Crippen LogP contribution in [-0.4, -0.2) is 12.8 Å². The lowest BCUT2D eigenvalue weighted by Gasteiger charge is -2.06. The van der Waals surface area contributed by atoms with Crippen molar-refractivity contribution in [3.05, 3.63) is 59.7 Å². The number of nitrogens with zero attached hydrogens (tertiary/aromatic N) is 1. The van der Waals surface area contributed by atoms with Crippen LogP contribution in [0.15, 0.2) is 53.5 Å². The first-order chi connectivity index (χ1) is 14.8. The van der Waals surface area contributed by atoms with Crippen LogP contribution in [0.25, 0.3) is 0 Å². The van der Waals surface area contributed by atoms with Crippen LogP contribution in [0.3, 0.4) is 0 Å². The molecule has 0 bridgehead atoms. The predicted octanol–water partition coefficient (Wildman–Crippen LogP) is 8.83. The number of unbranched alkanes of at least 4 members (excludes halogenated alkanes) is 11. The number of hydrogen-bond donors (Lipinski definition) is 0. The van der Waals surface area contributed by atoms with E-state index in [4.69, 9.17) is 4.74 Å². The fourth-order valence-electron chi connectivity index (χ4n) is 3.56. The molecule has 0 aliphatic carbocycles. The van der Waals surface area contributed by atoms with E-state index in [0.717, 1.165) is 30.0 Å². The van der Waals surface area contributed by atoms with Crippen molar-refractivity contribution in [3.8, 4) is 5.75 Å². The average molecular weight is 408 g/mol. The normalized spacial score (nSPS) is 11.3. The fraction of sp³-hybridized carbons (Fsp3) is 0.536. The highest BCUT2D eigenvalue weighted by atomic mass is 16.5. The van der Waals surface area contributed by atoms with Gasteiger partial charge in [-0.25, -0.2) is 0 Å². The van der Waals surface area contributed by atoms with Crippen molar-refractivity contribution in [2.75, 3.05) is 6.61 Å². The molecule has 0 N–H and O–H groups in total. The maximum Gasteiger partial charge on any atom is 0.119 e. The first kappa shape index (κ1) is 24.2. The lowest BCUT2D eigenvalue weighted by molar-refractivity contribution is 0.304. The smallest absolute Gasteiger partial charge is 0.119 e. The second kappa shape index (κ2) is 15.7. The van der Waals surface area contributed by atoms with Crippen molar-refractivity contribution in [1.82, 2.24) is 0 Å². The molecule has 0 atom stereocenters. The number of rotatable bonds is 16. The van der Waals surface area contributed by atoms with Gasteiger partial charge in [-0.1, -0.05) is 95.2 Å². The van der Waals surface area contributed by atoms with Gasteiger partial charge in [0.25, 0.3) is 0 Å². The van der Waals surface area contributed by atoms with Gasteiger partial charge >= 0.3 is 0 Å².